The normalized spacial score (nSPS) is 10.3. The number of aryl methyl sites for hydroxylation is 1. The zero-order valence-electron chi connectivity index (χ0n) is 10.7. The van der Waals surface area contributed by atoms with Crippen LogP contribution in [0.25, 0.3) is 0 Å². The van der Waals surface area contributed by atoms with Crippen LogP contribution in [0.1, 0.15) is 12.7 Å². The van der Waals surface area contributed by atoms with Gasteiger partial charge in [0, 0.05) is 17.6 Å². The number of benzene rings is 1. The Labute approximate surface area is 122 Å². The van der Waals surface area contributed by atoms with Crippen LogP contribution in [0, 0.1) is 6.92 Å². The molecule has 0 saturated heterocycles. The topological polar surface area (TPSA) is 49.8 Å². The molecule has 0 fully saturated rings. The fraction of sp³-hybridized carbons (Fsp3) is 0.231. The van der Waals surface area contributed by atoms with Gasteiger partial charge < -0.3 is 10.6 Å². The first-order valence-corrected chi connectivity index (χ1v) is 6.65. The molecule has 4 nitrogen and oxygen atoms in total. The molecule has 2 aromatic rings. The molecule has 0 spiro atoms. The van der Waals surface area contributed by atoms with Gasteiger partial charge in [-0.2, -0.15) is 0 Å². The van der Waals surface area contributed by atoms with Gasteiger partial charge in [-0.25, -0.2) is 9.97 Å². The fourth-order valence-electron chi connectivity index (χ4n) is 1.63. The van der Waals surface area contributed by atoms with Crippen LogP contribution in [-0.4, -0.2) is 16.5 Å². The molecule has 0 saturated carbocycles. The van der Waals surface area contributed by atoms with Crippen LogP contribution in [0.15, 0.2) is 24.3 Å². The SMILES string of the molecule is CCNc1cc(Nc2cc(Cl)ccc2Cl)nc(C)n1. The number of anilines is 3. The summed E-state index contributed by atoms with van der Waals surface area (Å²) in [4.78, 5) is 8.60. The lowest BCUT2D eigenvalue weighted by Gasteiger charge is -2.10. The predicted octanol–water partition coefficient (Wildman–Crippen LogP) is 4.27. The third kappa shape index (κ3) is 3.72. The van der Waals surface area contributed by atoms with Crippen molar-refractivity contribution in [2.75, 3.05) is 17.2 Å². The monoisotopic (exact) mass is 296 g/mol. The largest absolute Gasteiger partial charge is 0.370 e. The summed E-state index contributed by atoms with van der Waals surface area (Å²) in [7, 11) is 0. The number of aromatic nitrogens is 2. The highest BCUT2D eigenvalue weighted by Gasteiger charge is 2.05. The van der Waals surface area contributed by atoms with Gasteiger partial charge in [-0.15, -0.1) is 0 Å². The van der Waals surface area contributed by atoms with Gasteiger partial charge in [-0.05, 0) is 32.0 Å². The van der Waals surface area contributed by atoms with E-state index in [0.717, 1.165) is 18.1 Å². The van der Waals surface area contributed by atoms with Crippen LogP contribution in [-0.2, 0) is 0 Å². The Kier molecular flexibility index (Phi) is 4.45. The third-order valence-electron chi connectivity index (χ3n) is 2.39. The van der Waals surface area contributed by atoms with Crippen LogP contribution in [0.2, 0.25) is 10.0 Å². The molecule has 0 aliphatic carbocycles. The minimum Gasteiger partial charge on any atom is -0.370 e. The van der Waals surface area contributed by atoms with Crippen LogP contribution in [0.5, 0.6) is 0 Å². The summed E-state index contributed by atoms with van der Waals surface area (Å²) >= 11 is 12.1. The molecule has 0 bridgehead atoms. The first-order chi connectivity index (χ1) is 9.08. The van der Waals surface area contributed by atoms with Crippen LogP contribution >= 0.6 is 23.2 Å². The molecule has 0 radical (unpaired) electrons. The minimum atomic E-state index is 0.589. The molecular weight excluding hydrogens is 283 g/mol. The van der Waals surface area contributed by atoms with Crippen molar-refractivity contribution in [1.82, 2.24) is 9.97 Å². The number of hydrogen-bond acceptors (Lipinski definition) is 4. The van der Waals surface area contributed by atoms with E-state index in [2.05, 4.69) is 20.6 Å². The van der Waals surface area contributed by atoms with Crippen molar-refractivity contribution in [3.63, 3.8) is 0 Å². The summed E-state index contributed by atoms with van der Waals surface area (Å²) in [5.74, 6) is 2.13. The number of nitrogens with one attached hydrogen (secondary N) is 2. The molecule has 2 N–H and O–H groups in total. The van der Waals surface area contributed by atoms with Gasteiger partial charge in [0.2, 0.25) is 0 Å². The summed E-state index contributed by atoms with van der Waals surface area (Å²) in [6, 6.07) is 7.07. The van der Waals surface area contributed by atoms with Crippen LogP contribution in [0.3, 0.4) is 0 Å². The molecule has 2 rings (SSSR count). The lowest BCUT2D eigenvalue weighted by molar-refractivity contribution is 1.04. The Morgan fingerprint density at radius 2 is 1.84 bits per heavy atom. The van der Waals surface area contributed by atoms with E-state index < -0.39 is 0 Å². The first kappa shape index (κ1) is 13.9. The molecule has 19 heavy (non-hydrogen) atoms. The van der Waals surface area contributed by atoms with Gasteiger partial charge in [0.05, 0.1) is 10.7 Å². The van der Waals surface area contributed by atoms with E-state index in [9.17, 15) is 0 Å². The predicted molar refractivity (Wildman–Crippen MR) is 80.7 cm³/mol. The number of halogens is 2. The molecule has 0 atom stereocenters. The second-order valence-electron chi connectivity index (χ2n) is 3.97. The van der Waals surface area contributed by atoms with Crippen molar-refractivity contribution < 1.29 is 0 Å². The zero-order valence-corrected chi connectivity index (χ0v) is 12.2. The van der Waals surface area contributed by atoms with Crippen molar-refractivity contribution >= 4 is 40.5 Å². The summed E-state index contributed by atoms with van der Waals surface area (Å²) in [6.07, 6.45) is 0. The lowest BCUT2D eigenvalue weighted by atomic mass is 10.3. The van der Waals surface area contributed by atoms with E-state index in [0.29, 0.717) is 21.7 Å². The van der Waals surface area contributed by atoms with E-state index >= 15 is 0 Å². The average Bonchev–Trinajstić information content (AvgIpc) is 2.33. The Morgan fingerprint density at radius 1 is 1.11 bits per heavy atom. The molecule has 0 amide bonds. The van der Waals surface area contributed by atoms with Crippen molar-refractivity contribution in [3.8, 4) is 0 Å². The highest BCUT2D eigenvalue weighted by atomic mass is 35.5. The minimum absolute atomic E-state index is 0.589. The molecule has 1 aromatic heterocycles. The second-order valence-corrected chi connectivity index (χ2v) is 4.81. The second kappa shape index (κ2) is 6.08. The van der Waals surface area contributed by atoms with Crippen molar-refractivity contribution in [3.05, 3.63) is 40.1 Å². The molecule has 1 heterocycles. The fourth-order valence-corrected chi connectivity index (χ4v) is 1.97. The molecule has 6 heteroatoms. The highest BCUT2D eigenvalue weighted by molar-refractivity contribution is 6.35. The molecular formula is C13H14Cl2N4. The van der Waals surface area contributed by atoms with Crippen molar-refractivity contribution in [2.45, 2.75) is 13.8 Å². The molecule has 100 valence electrons. The van der Waals surface area contributed by atoms with E-state index in [1.165, 1.54) is 0 Å². The van der Waals surface area contributed by atoms with Gasteiger partial charge in [-0.1, -0.05) is 23.2 Å². The average molecular weight is 297 g/mol. The Balaban J connectivity index is 2.29. The maximum absolute atomic E-state index is 6.11. The zero-order chi connectivity index (χ0) is 13.8. The van der Waals surface area contributed by atoms with Crippen LogP contribution in [0.4, 0.5) is 17.3 Å². The standard InChI is InChI=1S/C13H14Cl2N4/c1-3-16-12-7-13(18-8(2)17-12)19-11-6-9(14)4-5-10(11)15/h4-7H,3H2,1-2H3,(H2,16,17,18,19). The van der Waals surface area contributed by atoms with Crippen molar-refractivity contribution in [2.24, 2.45) is 0 Å². The lowest BCUT2D eigenvalue weighted by Crippen LogP contribution is -2.04. The highest BCUT2D eigenvalue weighted by Crippen LogP contribution is 2.28. The quantitative estimate of drug-likeness (QED) is 0.885. The summed E-state index contributed by atoms with van der Waals surface area (Å²) in [5, 5.41) is 7.50. The van der Waals surface area contributed by atoms with E-state index in [1.54, 1.807) is 18.2 Å². The van der Waals surface area contributed by atoms with Gasteiger partial charge in [0.15, 0.2) is 0 Å². The maximum atomic E-state index is 6.11. The molecule has 0 unspecified atom stereocenters. The number of rotatable bonds is 4. The van der Waals surface area contributed by atoms with Gasteiger partial charge in [-0.3, -0.25) is 0 Å². The maximum Gasteiger partial charge on any atom is 0.136 e. The Morgan fingerprint density at radius 3 is 2.58 bits per heavy atom. The smallest absolute Gasteiger partial charge is 0.136 e. The molecule has 0 aliphatic heterocycles. The Hall–Kier alpha value is -1.52. The van der Waals surface area contributed by atoms with E-state index in [-0.39, 0.29) is 0 Å². The Bertz CT molecular complexity index is 587. The molecule has 0 aliphatic rings. The third-order valence-corrected chi connectivity index (χ3v) is 2.95. The van der Waals surface area contributed by atoms with Gasteiger partial charge >= 0.3 is 0 Å². The van der Waals surface area contributed by atoms with Crippen LogP contribution < -0.4 is 10.6 Å². The number of hydrogen-bond donors (Lipinski definition) is 2. The summed E-state index contributed by atoms with van der Waals surface area (Å²) in [6.45, 7) is 4.65. The van der Waals surface area contributed by atoms with E-state index in [4.69, 9.17) is 23.2 Å². The van der Waals surface area contributed by atoms with Crippen molar-refractivity contribution in [1.29, 1.82) is 0 Å². The number of nitrogens with zero attached hydrogens (tertiary/aromatic N) is 2. The molecule has 1 aromatic carbocycles. The van der Waals surface area contributed by atoms with Gasteiger partial charge in [0.25, 0.3) is 0 Å². The van der Waals surface area contributed by atoms with E-state index in [1.807, 2.05) is 19.9 Å². The first-order valence-electron chi connectivity index (χ1n) is 5.90. The van der Waals surface area contributed by atoms with Gasteiger partial charge in [0.1, 0.15) is 17.5 Å². The summed E-state index contributed by atoms with van der Waals surface area (Å²) < 4.78 is 0. The summed E-state index contributed by atoms with van der Waals surface area (Å²) in [5.41, 5.74) is 0.717.